The molecule has 1 aliphatic rings. The minimum Gasteiger partial charge on any atom is -0.481 e. The molecule has 1 saturated heterocycles. The molecule has 1 aliphatic heterocycles. The summed E-state index contributed by atoms with van der Waals surface area (Å²) in [5, 5.41) is 8.88. The fourth-order valence-electron chi connectivity index (χ4n) is 2.27. The van der Waals surface area contributed by atoms with E-state index in [1.54, 1.807) is 13.3 Å². The lowest BCUT2D eigenvalue weighted by molar-refractivity contribution is 0.132. The van der Waals surface area contributed by atoms with Crippen LogP contribution in [0.5, 0.6) is 5.88 Å². The van der Waals surface area contributed by atoms with Crippen LogP contribution in [0.4, 0.5) is 4.79 Å². The molecule has 0 aromatic carbocycles. The zero-order valence-corrected chi connectivity index (χ0v) is 9.80. The van der Waals surface area contributed by atoms with E-state index >= 15 is 0 Å². The second-order valence-corrected chi connectivity index (χ2v) is 4.15. The number of aromatic nitrogens is 1. The standard InChI is InChI=1S/C12H16N2O3/c1-17-11-10(3-2-6-13-11)9-4-7-14(8-5-9)12(15)16/h2-3,6,9H,4-5,7-8H2,1H3,(H,15,16). The van der Waals surface area contributed by atoms with Crippen molar-refractivity contribution in [1.29, 1.82) is 0 Å². The molecule has 1 aromatic rings. The maximum atomic E-state index is 10.8. The highest BCUT2D eigenvalue weighted by Crippen LogP contribution is 2.32. The minimum absolute atomic E-state index is 0.342. The van der Waals surface area contributed by atoms with Gasteiger partial charge in [0.1, 0.15) is 0 Å². The summed E-state index contributed by atoms with van der Waals surface area (Å²) >= 11 is 0. The van der Waals surface area contributed by atoms with Crippen molar-refractivity contribution in [2.75, 3.05) is 20.2 Å². The Kier molecular flexibility index (Phi) is 3.46. The van der Waals surface area contributed by atoms with Gasteiger partial charge in [-0.25, -0.2) is 9.78 Å². The lowest BCUT2D eigenvalue weighted by Crippen LogP contribution is -2.36. The van der Waals surface area contributed by atoms with Crippen LogP contribution in [-0.4, -0.2) is 41.3 Å². The third kappa shape index (κ3) is 2.49. The summed E-state index contributed by atoms with van der Waals surface area (Å²) in [5.74, 6) is 0.996. The zero-order chi connectivity index (χ0) is 12.3. The van der Waals surface area contributed by atoms with Gasteiger partial charge in [0.05, 0.1) is 7.11 Å². The maximum absolute atomic E-state index is 10.8. The van der Waals surface area contributed by atoms with Gasteiger partial charge >= 0.3 is 6.09 Å². The van der Waals surface area contributed by atoms with E-state index in [0.717, 1.165) is 18.4 Å². The Morgan fingerprint density at radius 1 is 1.53 bits per heavy atom. The molecule has 5 heteroatoms. The van der Waals surface area contributed by atoms with E-state index in [0.29, 0.717) is 24.9 Å². The molecule has 2 heterocycles. The molecular formula is C12H16N2O3. The predicted molar refractivity (Wildman–Crippen MR) is 62.4 cm³/mol. The highest BCUT2D eigenvalue weighted by Gasteiger charge is 2.25. The number of ether oxygens (including phenoxy) is 1. The second kappa shape index (κ2) is 5.03. The highest BCUT2D eigenvalue weighted by atomic mass is 16.5. The van der Waals surface area contributed by atoms with E-state index in [4.69, 9.17) is 9.84 Å². The average molecular weight is 236 g/mol. The first kappa shape index (κ1) is 11.7. The molecular weight excluding hydrogens is 220 g/mol. The van der Waals surface area contributed by atoms with Gasteiger partial charge in [0.2, 0.25) is 5.88 Å². The van der Waals surface area contributed by atoms with Crippen molar-refractivity contribution in [3.05, 3.63) is 23.9 Å². The van der Waals surface area contributed by atoms with Gasteiger partial charge in [-0.15, -0.1) is 0 Å². The van der Waals surface area contributed by atoms with Crippen molar-refractivity contribution in [2.45, 2.75) is 18.8 Å². The van der Waals surface area contributed by atoms with Gasteiger partial charge in [-0.1, -0.05) is 6.07 Å². The van der Waals surface area contributed by atoms with Crippen molar-refractivity contribution in [3.63, 3.8) is 0 Å². The number of piperidine rings is 1. The topological polar surface area (TPSA) is 62.7 Å². The quantitative estimate of drug-likeness (QED) is 0.852. The number of hydrogen-bond acceptors (Lipinski definition) is 3. The third-order valence-corrected chi connectivity index (χ3v) is 3.20. The van der Waals surface area contributed by atoms with E-state index in [1.807, 2.05) is 12.1 Å². The summed E-state index contributed by atoms with van der Waals surface area (Å²) in [7, 11) is 1.61. The number of amides is 1. The number of rotatable bonds is 2. The van der Waals surface area contributed by atoms with Crippen molar-refractivity contribution >= 4 is 6.09 Å². The summed E-state index contributed by atoms with van der Waals surface area (Å²) in [6.07, 6.45) is 2.53. The van der Waals surface area contributed by atoms with Crippen LogP contribution in [0.3, 0.4) is 0 Å². The molecule has 0 bridgehead atoms. The first-order valence-corrected chi connectivity index (χ1v) is 5.69. The fourth-order valence-corrected chi connectivity index (χ4v) is 2.27. The van der Waals surface area contributed by atoms with Crippen molar-refractivity contribution in [3.8, 4) is 5.88 Å². The number of pyridine rings is 1. The largest absolute Gasteiger partial charge is 0.481 e. The van der Waals surface area contributed by atoms with E-state index in [9.17, 15) is 4.79 Å². The van der Waals surface area contributed by atoms with Crippen LogP contribution in [0.2, 0.25) is 0 Å². The van der Waals surface area contributed by atoms with Gasteiger partial charge in [0.15, 0.2) is 0 Å². The second-order valence-electron chi connectivity index (χ2n) is 4.15. The SMILES string of the molecule is COc1ncccc1C1CCN(C(=O)O)CC1. The lowest BCUT2D eigenvalue weighted by Gasteiger charge is -2.30. The molecule has 1 amide bonds. The highest BCUT2D eigenvalue weighted by molar-refractivity contribution is 5.65. The lowest BCUT2D eigenvalue weighted by atomic mass is 9.90. The van der Waals surface area contributed by atoms with E-state index < -0.39 is 6.09 Å². The van der Waals surface area contributed by atoms with Crippen LogP contribution in [0.15, 0.2) is 18.3 Å². The number of carboxylic acid groups (broad SMARTS) is 1. The molecule has 2 rings (SSSR count). The smallest absolute Gasteiger partial charge is 0.407 e. The molecule has 0 atom stereocenters. The minimum atomic E-state index is -0.832. The van der Waals surface area contributed by atoms with Crippen LogP contribution in [0, 0.1) is 0 Å². The summed E-state index contributed by atoms with van der Waals surface area (Å²) in [5.41, 5.74) is 1.08. The molecule has 17 heavy (non-hydrogen) atoms. The van der Waals surface area contributed by atoms with Crippen LogP contribution in [0.1, 0.15) is 24.3 Å². The maximum Gasteiger partial charge on any atom is 0.407 e. The van der Waals surface area contributed by atoms with Gasteiger partial charge in [-0.3, -0.25) is 0 Å². The van der Waals surface area contributed by atoms with Gasteiger partial charge in [-0.2, -0.15) is 0 Å². The average Bonchev–Trinajstić information content (AvgIpc) is 2.39. The molecule has 0 radical (unpaired) electrons. The molecule has 1 aromatic heterocycles. The molecule has 92 valence electrons. The van der Waals surface area contributed by atoms with Crippen LogP contribution in [0.25, 0.3) is 0 Å². The number of carbonyl (C=O) groups is 1. The van der Waals surface area contributed by atoms with Crippen molar-refractivity contribution in [1.82, 2.24) is 9.88 Å². The number of methoxy groups -OCH3 is 1. The van der Waals surface area contributed by atoms with Crippen molar-refractivity contribution < 1.29 is 14.6 Å². The molecule has 0 aliphatic carbocycles. The zero-order valence-electron chi connectivity index (χ0n) is 9.80. The number of hydrogen-bond donors (Lipinski definition) is 1. The van der Waals surface area contributed by atoms with Gasteiger partial charge in [-0.05, 0) is 24.8 Å². The Labute approximate surface area is 100 Å². The monoisotopic (exact) mass is 236 g/mol. The molecule has 0 saturated carbocycles. The van der Waals surface area contributed by atoms with Crippen LogP contribution in [-0.2, 0) is 0 Å². The summed E-state index contributed by atoms with van der Waals surface area (Å²) in [4.78, 5) is 16.4. The number of nitrogens with zero attached hydrogens (tertiary/aromatic N) is 2. The van der Waals surface area contributed by atoms with Gasteiger partial charge in [0.25, 0.3) is 0 Å². The van der Waals surface area contributed by atoms with E-state index in [2.05, 4.69) is 4.98 Å². The van der Waals surface area contributed by atoms with E-state index in [1.165, 1.54) is 4.90 Å². The van der Waals surface area contributed by atoms with Gasteiger partial charge < -0.3 is 14.7 Å². The van der Waals surface area contributed by atoms with Crippen molar-refractivity contribution in [2.24, 2.45) is 0 Å². The Hall–Kier alpha value is -1.78. The Morgan fingerprint density at radius 3 is 2.82 bits per heavy atom. The summed E-state index contributed by atoms with van der Waals surface area (Å²) in [6, 6.07) is 3.90. The molecule has 0 unspecified atom stereocenters. The van der Waals surface area contributed by atoms with E-state index in [-0.39, 0.29) is 0 Å². The Bertz CT molecular complexity index is 400. The summed E-state index contributed by atoms with van der Waals surface area (Å²) in [6.45, 7) is 1.16. The fraction of sp³-hybridized carbons (Fsp3) is 0.500. The Morgan fingerprint density at radius 2 is 2.24 bits per heavy atom. The van der Waals surface area contributed by atoms with Gasteiger partial charge in [0, 0.05) is 24.8 Å². The molecule has 1 N–H and O–H groups in total. The first-order chi connectivity index (χ1) is 8.22. The summed E-state index contributed by atoms with van der Waals surface area (Å²) < 4.78 is 5.23. The van der Waals surface area contributed by atoms with Crippen LogP contribution >= 0.6 is 0 Å². The molecule has 1 fully saturated rings. The normalized spacial score (nSPS) is 16.9. The molecule has 0 spiro atoms. The first-order valence-electron chi connectivity index (χ1n) is 5.69. The van der Waals surface area contributed by atoms with Crippen LogP contribution < -0.4 is 4.74 Å². The predicted octanol–water partition coefficient (Wildman–Crippen LogP) is 1.95. The molecule has 5 nitrogen and oxygen atoms in total. The third-order valence-electron chi connectivity index (χ3n) is 3.20. The Balaban J connectivity index is 2.07. The number of likely N-dealkylation sites (tertiary alicyclic amines) is 1.